The van der Waals surface area contributed by atoms with Crippen LogP contribution in [0.5, 0.6) is 0 Å². The lowest BCUT2D eigenvalue weighted by molar-refractivity contribution is -0.146. The molecule has 4 rings (SSSR count). The summed E-state index contributed by atoms with van der Waals surface area (Å²) in [5, 5.41) is 0. The Morgan fingerprint density at radius 2 is 1.85 bits per heavy atom. The fourth-order valence-corrected chi connectivity index (χ4v) is 4.19. The number of carbonyl (C=O) groups is 1. The lowest BCUT2D eigenvalue weighted by Crippen LogP contribution is -2.61. The van der Waals surface area contributed by atoms with Crippen molar-refractivity contribution in [3.05, 3.63) is 30.1 Å². The van der Waals surface area contributed by atoms with Gasteiger partial charge in [-0.25, -0.2) is 4.39 Å². The van der Waals surface area contributed by atoms with E-state index in [1.807, 2.05) is 0 Å². The Labute approximate surface area is 159 Å². The maximum Gasteiger partial charge on any atom is 0.253 e. The van der Waals surface area contributed by atoms with Gasteiger partial charge >= 0.3 is 0 Å². The highest BCUT2D eigenvalue weighted by Crippen LogP contribution is 2.28. The molecule has 3 heterocycles. The molecular weight excluding hydrogens is 351 g/mol. The predicted molar refractivity (Wildman–Crippen MR) is 98.2 cm³/mol. The molecule has 3 saturated heterocycles. The van der Waals surface area contributed by atoms with Gasteiger partial charge in [-0.3, -0.25) is 9.69 Å². The monoisotopic (exact) mass is 378 g/mol. The van der Waals surface area contributed by atoms with E-state index in [1.165, 1.54) is 12.1 Å². The first-order chi connectivity index (χ1) is 13.1. The highest BCUT2D eigenvalue weighted by molar-refractivity contribution is 5.95. The van der Waals surface area contributed by atoms with Gasteiger partial charge in [-0.15, -0.1) is 0 Å². The minimum Gasteiger partial charge on any atom is -0.381 e. The first-order valence-electron chi connectivity index (χ1n) is 9.71. The molecule has 0 aromatic heterocycles. The van der Waals surface area contributed by atoms with Crippen LogP contribution in [0.2, 0.25) is 0 Å². The van der Waals surface area contributed by atoms with Gasteiger partial charge in [0, 0.05) is 38.5 Å². The van der Waals surface area contributed by atoms with Crippen LogP contribution >= 0.6 is 0 Å². The van der Waals surface area contributed by atoms with E-state index < -0.39 is 5.60 Å². The normalized spacial score (nSPS) is 28.5. The molecule has 7 heteroatoms. The third kappa shape index (κ3) is 4.48. The summed E-state index contributed by atoms with van der Waals surface area (Å²) in [5.41, 5.74) is 0.147. The Hall–Kier alpha value is -1.54. The molecule has 3 aliphatic heterocycles. The van der Waals surface area contributed by atoms with Crippen molar-refractivity contribution in [3.63, 3.8) is 0 Å². The van der Waals surface area contributed by atoms with Crippen molar-refractivity contribution in [1.82, 2.24) is 4.90 Å². The minimum atomic E-state index is -0.552. The lowest BCUT2D eigenvalue weighted by atomic mass is 9.97. The zero-order valence-corrected chi connectivity index (χ0v) is 15.6. The molecular formula is C20H27FN2O4. The van der Waals surface area contributed by atoms with Gasteiger partial charge in [0.15, 0.2) is 0 Å². The minimum absolute atomic E-state index is 0.0197. The zero-order valence-electron chi connectivity index (χ0n) is 15.6. The van der Waals surface area contributed by atoms with E-state index in [2.05, 4.69) is 4.90 Å². The SMILES string of the molecule is O=C1COC2(COCCN(CC3CCOCC3)C2)CN1c1ccc(F)cc1. The zero-order chi connectivity index (χ0) is 18.7. The molecule has 3 aliphatic rings. The molecule has 1 aromatic rings. The molecule has 0 N–H and O–H groups in total. The predicted octanol–water partition coefficient (Wildman–Crippen LogP) is 1.69. The summed E-state index contributed by atoms with van der Waals surface area (Å²) in [6.45, 7) is 5.84. The number of anilines is 1. The van der Waals surface area contributed by atoms with Crippen molar-refractivity contribution in [3.8, 4) is 0 Å². The third-order valence-electron chi connectivity index (χ3n) is 5.67. The molecule has 1 amide bonds. The first-order valence-corrected chi connectivity index (χ1v) is 9.71. The Morgan fingerprint density at radius 3 is 2.63 bits per heavy atom. The fourth-order valence-electron chi connectivity index (χ4n) is 4.19. The van der Waals surface area contributed by atoms with Gasteiger partial charge in [0.2, 0.25) is 0 Å². The van der Waals surface area contributed by atoms with Crippen molar-refractivity contribution >= 4 is 11.6 Å². The number of amides is 1. The van der Waals surface area contributed by atoms with Crippen LogP contribution in [0.4, 0.5) is 10.1 Å². The molecule has 1 unspecified atom stereocenters. The molecule has 148 valence electrons. The highest BCUT2D eigenvalue weighted by Gasteiger charge is 2.43. The van der Waals surface area contributed by atoms with E-state index in [4.69, 9.17) is 14.2 Å². The number of carbonyl (C=O) groups excluding carboxylic acids is 1. The Kier molecular flexibility index (Phi) is 5.73. The quantitative estimate of drug-likeness (QED) is 0.801. The van der Waals surface area contributed by atoms with Gasteiger partial charge in [-0.05, 0) is 43.0 Å². The molecule has 0 saturated carbocycles. The van der Waals surface area contributed by atoms with Crippen LogP contribution in [0.1, 0.15) is 12.8 Å². The van der Waals surface area contributed by atoms with E-state index in [9.17, 15) is 9.18 Å². The Bertz CT molecular complexity index is 650. The van der Waals surface area contributed by atoms with Crippen molar-refractivity contribution in [2.45, 2.75) is 18.4 Å². The number of halogens is 1. The number of nitrogens with zero attached hydrogens (tertiary/aromatic N) is 2. The van der Waals surface area contributed by atoms with E-state index >= 15 is 0 Å². The summed E-state index contributed by atoms with van der Waals surface area (Å²) >= 11 is 0. The van der Waals surface area contributed by atoms with Gasteiger partial charge in [0.05, 0.1) is 19.8 Å². The van der Waals surface area contributed by atoms with E-state index in [0.717, 1.165) is 45.7 Å². The maximum absolute atomic E-state index is 13.3. The first kappa shape index (κ1) is 18.8. The number of rotatable bonds is 3. The van der Waals surface area contributed by atoms with Crippen LogP contribution in [-0.4, -0.2) is 75.6 Å². The summed E-state index contributed by atoms with van der Waals surface area (Å²) in [4.78, 5) is 16.5. The maximum atomic E-state index is 13.3. The number of ether oxygens (including phenoxy) is 3. The number of hydrogen-bond acceptors (Lipinski definition) is 5. The largest absolute Gasteiger partial charge is 0.381 e. The molecule has 0 bridgehead atoms. The molecule has 1 spiro atoms. The van der Waals surface area contributed by atoms with Gasteiger partial charge in [-0.1, -0.05) is 0 Å². The van der Waals surface area contributed by atoms with Crippen molar-refractivity contribution in [1.29, 1.82) is 0 Å². The molecule has 6 nitrogen and oxygen atoms in total. The molecule has 3 fully saturated rings. The molecule has 27 heavy (non-hydrogen) atoms. The van der Waals surface area contributed by atoms with Crippen LogP contribution in [0, 0.1) is 11.7 Å². The van der Waals surface area contributed by atoms with Gasteiger partial charge in [-0.2, -0.15) is 0 Å². The average Bonchev–Trinajstić information content (AvgIpc) is 2.88. The van der Waals surface area contributed by atoms with Crippen LogP contribution in [0.15, 0.2) is 24.3 Å². The third-order valence-corrected chi connectivity index (χ3v) is 5.67. The van der Waals surface area contributed by atoms with Crippen LogP contribution in [0.3, 0.4) is 0 Å². The lowest BCUT2D eigenvalue weighted by Gasteiger charge is -2.43. The second kappa shape index (κ2) is 8.22. The summed E-state index contributed by atoms with van der Waals surface area (Å²) < 4.78 is 30.6. The van der Waals surface area contributed by atoms with Crippen LogP contribution < -0.4 is 4.90 Å². The topological polar surface area (TPSA) is 51.2 Å². The van der Waals surface area contributed by atoms with Gasteiger partial charge < -0.3 is 19.1 Å². The molecule has 0 radical (unpaired) electrons. The smallest absolute Gasteiger partial charge is 0.253 e. The molecule has 1 atom stereocenters. The van der Waals surface area contributed by atoms with Crippen molar-refractivity contribution in [2.24, 2.45) is 5.92 Å². The van der Waals surface area contributed by atoms with Gasteiger partial charge in [0.1, 0.15) is 18.0 Å². The Morgan fingerprint density at radius 1 is 1.07 bits per heavy atom. The second-order valence-corrected chi connectivity index (χ2v) is 7.77. The van der Waals surface area contributed by atoms with E-state index in [-0.39, 0.29) is 18.3 Å². The average molecular weight is 378 g/mol. The highest BCUT2D eigenvalue weighted by atomic mass is 19.1. The summed E-state index contributed by atoms with van der Waals surface area (Å²) in [6.07, 6.45) is 2.18. The number of hydrogen-bond donors (Lipinski definition) is 0. The summed E-state index contributed by atoms with van der Waals surface area (Å²) in [5.74, 6) is 0.217. The Balaban J connectivity index is 1.47. The van der Waals surface area contributed by atoms with Crippen molar-refractivity contribution < 1.29 is 23.4 Å². The van der Waals surface area contributed by atoms with E-state index in [0.29, 0.717) is 31.4 Å². The summed E-state index contributed by atoms with van der Waals surface area (Å²) in [7, 11) is 0. The molecule has 1 aromatic carbocycles. The number of benzene rings is 1. The van der Waals surface area contributed by atoms with Crippen LogP contribution in [-0.2, 0) is 19.0 Å². The van der Waals surface area contributed by atoms with E-state index in [1.54, 1.807) is 17.0 Å². The van der Waals surface area contributed by atoms with Crippen molar-refractivity contribution in [2.75, 3.05) is 64.1 Å². The van der Waals surface area contributed by atoms with Crippen LogP contribution in [0.25, 0.3) is 0 Å². The summed E-state index contributed by atoms with van der Waals surface area (Å²) in [6, 6.07) is 6.05. The number of morpholine rings is 1. The fraction of sp³-hybridized carbons (Fsp3) is 0.650. The standard InChI is InChI=1S/C20H27FN2O4/c21-17-1-3-18(4-2-17)23-14-20(27-12-19(23)24)13-22(7-10-26-15-20)11-16-5-8-25-9-6-16/h1-4,16H,5-15H2. The second-order valence-electron chi connectivity index (χ2n) is 7.77. The van der Waals surface area contributed by atoms with Gasteiger partial charge in [0.25, 0.3) is 5.91 Å². The molecule has 0 aliphatic carbocycles.